The van der Waals surface area contributed by atoms with E-state index in [0.29, 0.717) is 5.56 Å². The number of alkyl carbamates (subject to hydrolysis) is 1. The lowest BCUT2D eigenvalue weighted by molar-refractivity contribution is -0.154. The number of aliphatic hydroxyl groups is 1. The minimum absolute atomic E-state index is 0.142. The molecule has 1 aromatic rings. The maximum absolute atomic E-state index is 12.0. The second-order valence-electron chi connectivity index (χ2n) is 6.23. The van der Waals surface area contributed by atoms with Crippen LogP contribution in [0.1, 0.15) is 44.9 Å². The Labute approximate surface area is 136 Å². The number of amides is 1. The Balaban J connectivity index is 2.99. The molecule has 1 rings (SSSR count). The topological polar surface area (TPSA) is 84.9 Å². The second-order valence-corrected chi connectivity index (χ2v) is 6.23. The summed E-state index contributed by atoms with van der Waals surface area (Å²) in [7, 11) is 0. The molecule has 23 heavy (non-hydrogen) atoms. The number of aliphatic hydroxyl groups excluding tert-OH is 1. The van der Waals surface area contributed by atoms with Gasteiger partial charge in [0.05, 0.1) is 12.6 Å². The van der Waals surface area contributed by atoms with Gasteiger partial charge in [-0.15, -0.1) is 0 Å². The van der Waals surface area contributed by atoms with E-state index < -0.39 is 29.8 Å². The molecule has 1 amide bonds. The first kappa shape index (κ1) is 19.0. The molecule has 6 heteroatoms. The summed E-state index contributed by atoms with van der Waals surface area (Å²) in [6.45, 7) is 8.90. The van der Waals surface area contributed by atoms with Gasteiger partial charge in [0.15, 0.2) is 6.10 Å². The van der Waals surface area contributed by atoms with Crippen molar-refractivity contribution >= 4 is 12.1 Å². The predicted molar refractivity (Wildman–Crippen MR) is 85.9 cm³/mol. The average molecular weight is 323 g/mol. The molecule has 0 radical (unpaired) electrons. The number of benzene rings is 1. The number of esters is 1. The highest BCUT2D eigenvalue weighted by Crippen LogP contribution is 2.20. The highest BCUT2D eigenvalue weighted by Gasteiger charge is 2.31. The van der Waals surface area contributed by atoms with Crippen molar-refractivity contribution in [3.63, 3.8) is 0 Å². The fraction of sp³-hybridized carbons (Fsp3) is 0.529. The quantitative estimate of drug-likeness (QED) is 0.813. The van der Waals surface area contributed by atoms with Crippen molar-refractivity contribution in [2.24, 2.45) is 0 Å². The largest absolute Gasteiger partial charge is 0.464 e. The fourth-order valence-electron chi connectivity index (χ4n) is 1.92. The molecular weight excluding hydrogens is 298 g/mol. The third-order valence-corrected chi connectivity index (χ3v) is 2.95. The highest BCUT2D eigenvalue weighted by atomic mass is 16.6. The number of hydrogen-bond acceptors (Lipinski definition) is 5. The molecule has 0 bridgehead atoms. The lowest BCUT2D eigenvalue weighted by atomic mass is 10.0. The van der Waals surface area contributed by atoms with Gasteiger partial charge in [-0.05, 0) is 40.2 Å². The van der Waals surface area contributed by atoms with E-state index in [1.165, 1.54) is 0 Å². The zero-order valence-electron chi connectivity index (χ0n) is 14.3. The molecule has 128 valence electrons. The normalized spacial score (nSPS) is 13.8. The van der Waals surface area contributed by atoms with Crippen LogP contribution in [0.25, 0.3) is 0 Å². The summed E-state index contributed by atoms with van der Waals surface area (Å²) in [5.41, 5.74) is 0.925. The Morgan fingerprint density at radius 3 is 2.26 bits per heavy atom. The number of ether oxygens (including phenoxy) is 2. The molecule has 0 saturated carbocycles. The van der Waals surface area contributed by atoms with Crippen LogP contribution < -0.4 is 5.32 Å². The van der Waals surface area contributed by atoms with Crippen molar-refractivity contribution in [3.05, 3.63) is 35.4 Å². The summed E-state index contributed by atoms with van der Waals surface area (Å²) in [5, 5.41) is 12.8. The fourth-order valence-corrected chi connectivity index (χ4v) is 1.92. The molecule has 6 nitrogen and oxygen atoms in total. The number of nitrogens with one attached hydrogen (secondary N) is 1. The average Bonchev–Trinajstić information content (AvgIpc) is 2.43. The molecule has 0 fully saturated rings. The summed E-state index contributed by atoms with van der Waals surface area (Å²) in [5.74, 6) is -0.797. The van der Waals surface area contributed by atoms with Crippen molar-refractivity contribution in [2.45, 2.75) is 52.4 Å². The number of aryl methyl sites for hydroxylation is 1. The van der Waals surface area contributed by atoms with Gasteiger partial charge in [-0.3, -0.25) is 0 Å². The van der Waals surface area contributed by atoms with Crippen molar-refractivity contribution in [3.8, 4) is 0 Å². The van der Waals surface area contributed by atoms with E-state index in [9.17, 15) is 14.7 Å². The molecule has 0 aromatic heterocycles. The molecule has 0 aliphatic heterocycles. The van der Waals surface area contributed by atoms with Crippen LogP contribution in [-0.2, 0) is 14.3 Å². The molecule has 0 unspecified atom stereocenters. The molecule has 0 heterocycles. The van der Waals surface area contributed by atoms with Crippen LogP contribution in [0.15, 0.2) is 24.3 Å². The molecule has 2 N–H and O–H groups in total. The van der Waals surface area contributed by atoms with E-state index in [1.807, 2.05) is 19.1 Å². The lowest BCUT2D eigenvalue weighted by Crippen LogP contribution is -2.43. The van der Waals surface area contributed by atoms with E-state index in [1.54, 1.807) is 39.8 Å². The summed E-state index contributed by atoms with van der Waals surface area (Å²) in [6.07, 6.45) is -2.24. The van der Waals surface area contributed by atoms with E-state index in [-0.39, 0.29) is 6.61 Å². The number of rotatable bonds is 5. The zero-order chi connectivity index (χ0) is 17.6. The van der Waals surface area contributed by atoms with Gasteiger partial charge in [0.2, 0.25) is 0 Å². The molecular formula is C17H25NO5. The monoisotopic (exact) mass is 323 g/mol. The standard InChI is InChI=1S/C17H25NO5/c1-6-22-15(20)14(19)13(12-9-7-11(2)8-10-12)18-16(21)23-17(3,4)5/h7-10,13-14,19H,6H2,1-5H3,(H,18,21)/t13-,14-/m1/s1. The minimum Gasteiger partial charge on any atom is -0.464 e. The zero-order valence-corrected chi connectivity index (χ0v) is 14.3. The van der Waals surface area contributed by atoms with Gasteiger partial charge in [0.1, 0.15) is 5.60 Å². The second kappa shape index (κ2) is 7.97. The Hall–Kier alpha value is -2.08. The van der Waals surface area contributed by atoms with Crippen LogP contribution >= 0.6 is 0 Å². The minimum atomic E-state index is -1.52. The molecule has 0 aliphatic rings. The summed E-state index contributed by atoms with van der Waals surface area (Å²) in [4.78, 5) is 23.8. The smallest absolute Gasteiger partial charge is 0.408 e. The van der Waals surface area contributed by atoms with Gasteiger partial charge >= 0.3 is 12.1 Å². The SMILES string of the molecule is CCOC(=O)[C@H](O)[C@H](NC(=O)OC(C)(C)C)c1ccc(C)cc1. The van der Waals surface area contributed by atoms with Gasteiger partial charge < -0.3 is 19.9 Å². The van der Waals surface area contributed by atoms with Crippen LogP contribution in [0.2, 0.25) is 0 Å². The number of hydrogen-bond donors (Lipinski definition) is 2. The Kier molecular flexibility index (Phi) is 6.57. The van der Waals surface area contributed by atoms with Crippen LogP contribution in [0.3, 0.4) is 0 Å². The van der Waals surface area contributed by atoms with Crippen LogP contribution in [0.5, 0.6) is 0 Å². The summed E-state index contributed by atoms with van der Waals surface area (Å²) in [6, 6.07) is 6.18. The summed E-state index contributed by atoms with van der Waals surface area (Å²) < 4.78 is 10.0. The van der Waals surface area contributed by atoms with E-state index in [0.717, 1.165) is 5.56 Å². The van der Waals surface area contributed by atoms with Crippen molar-refractivity contribution in [1.29, 1.82) is 0 Å². The first-order valence-electron chi connectivity index (χ1n) is 7.55. The van der Waals surface area contributed by atoms with Crippen LogP contribution in [-0.4, -0.2) is 35.5 Å². The maximum Gasteiger partial charge on any atom is 0.408 e. The van der Waals surface area contributed by atoms with Gasteiger partial charge in [0, 0.05) is 0 Å². The van der Waals surface area contributed by atoms with Crippen molar-refractivity contribution in [2.75, 3.05) is 6.61 Å². The van der Waals surface area contributed by atoms with E-state index >= 15 is 0 Å². The third kappa shape index (κ3) is 6.28. The third-order valence-electron chi connectivity index (χ3n) is 2.95. The Bertz CT molecular complexity index is 533. The molecule has 0 saturated heterocycles. The Morgan fingerprint density at radius 2 is 1.78 bits per heavy atom. The van der Waals surface area contributed by atoms with Gasteiger partial charge in [-0.25, -0.2) is 9.59 Å². The van der Waals surface area contributed by atoms with Gasteiger partial charge in [-0.2, -0.15) is 0 Å². The lowest BCUT2D eigenvalue weighted by Gasteiger charge is -2.26. The van der Waals surface area contributed by atoms with Crippen LogP contribution in [0, 0.1) is 6.92 Å². The molecule has 2 atom stereocenters. The van der Waals surface area contributed by atoms with Crippen molar-refractivity contribution in [1.82, 2.24) is 5.32 Å². The molecule has 0 spiro atoms. The number of carbonyl (C=O) groups excluding carboxylic acids is 2. The van der Waals surface area contributed by atoms with E-state index in [4.69, 9.17) is 9.47 Å². The highest BCUT2D eigenvalue weighted by molar-refractivity contribution is 5.77. The number of carbonyl (C=O) groups is 2. The van der Waals surface area contributed by atoms with Crippen LogP contribution in [0.4, 0.5) is 4.79 Å². The van der Waals surface area contributed by atoms with Gasteiger partial charge in [-0.1, -0.05) is 29.8 Å². The molecule has 0 aliphatic carbocycles. The molecule has 1 aromatic carbocycles. The van der Waals surface area contributed by atoms with E-state index in [2.05, 4.69) is 5.32 Å². The summed E-state index contributed by atoms with van der Waals surface area (Å²) >= 11 is 0. The first-order chi connectivity index (χ1) is 10.6. The first-order valence-corrected chi connectivity index (χ1v) is 7.55. The van der Waals surface area contributed by atoms with Gasteiger partial charge in [0.25, 0.3) is 0 Å². The van der Waals surface area contributed by atoms with Crippen molar-refractivity contribution < 1.29 is 24.2 Å². The predicted octanol–water partition coefficient (Wildman–Crippen LogP) is 2.48. The Morgan fingerprint density at radius 1 is 1.22 bits per heavy atom. The maximum atomic E-state index is 12.0.